The lowest BCUT2D eigenvalue weighted by Crippen LogP contribution is -2.34. The van der Waals surface area contributed by atoms with Crippen LogP contribution in [-0.4, -0.2) is 30.7 Å². The maximum absolute atomic E-state index is 12.4. The van der Waals surface area contributed by atoms with Crippen molar-refractivity contribution in [1.29, 1.82) is 0 Å². The van der Waals surface area contributed by atoms with Crippen molar-refractivity contribution >= 4 is 29.3 Å². The summed E-state index contributed by atoms with van der Waals surface area (Å²) in [6.07, 6.45) is 0. The third-order valence-electron chi connectivity index (χ3n) is 3.63. The van der Waals surface area contributed by atoms with Gasteiger partial charge in [-0.1, -0.05) is 66.4 Å². The Balaban J connectivity index is 0.00000161. The minimum atomic E-state index is -0.293. The normalized spacial score (nSPS) is 20.2. The van der Waals surface area contributed by atoms with Crippen molar-refractivity contribution in [2.45, 2.75) is 4.75 Å². The molecule has 0 saturated carbocycles. The maximum atomic E-state index is 12.4. The molecular formula is C17H18ClNOS. The van der Waals surface area contributed by atoms with Crippen molar-refractivity contribution in [1.82, 2.24) is 4.90 Å². The summed E-state index contributed by atoms with van der Waals surface area (Å²) in [5, 5.41) is 0.173. The number of halogens is 1. The molecule has 4 heteroatoms. The Labute approximate surface area is 136 Å². The van der Waals surface area contributed by atoms with E-state index in [9.17, 15) is 4.79 Å². The van der Waals surface area contributed by atoms with E-state index in [4.69, 9.17) is 0 Å². The quantitative estimate of drug-likeness (QED) is 0.858. The Hall–Kier alpha value is -1.29. The summed E-state index contributed by atoms with van der Waals surface area (Å²) in [5.41, 5.74) is 3.18. The smallest absolute Gasteiger partial charge is 0.220 e. The lowest BCUT2D eigenvalue weighted by Gasteiger charge is -2.32. The number of likely N-dealkylation sites (N-methyl/N-ethyl adjacent to an activating group) is 1. The van der Waals surface area contributed by atoms with Crippen LogP contribution in [0.3, 0.4) is 0 Å². The Morgan fingerprint density at radius 3 is 2.29 bits per heavy atom. The van der Waals surface area contributed by atoms with E-state index in [0.717, 1.165) is 17.7 Å². The predicted molar refractivity (Wildman–Crippen MR) is 91.4 cm³/mol. The van der Waals surface area contributed by atoms with E-state index in [0.29, 0.717) is 0 Å². The molecule has 0 aromatic heterocycles. The van der Waals surface area contributed by atoms with Gasteiger partial charge in [-0.3, -0.25) is 4.79 Å². The molecule has 2 nitrogen and oxygen atoms in total. The van der Waals surface area contributed by atoms with Crippen LogP contribution in [0, 0.1) is 0 Å². The number of carbonyl (C=O) groups is 1. The zero-order chi connectivity index (χ0) is 14.2. The van der Waals surface area contributed by atoms with E-state index in [-0.39, 0.29) is 22.3 Å². The van der Waals surface area contributed by atoms with Crippen molar-refractivity contribution in [3.05, 3.63) is 71.3 Å². The molecule has 2 aromatic carbocycles. The Morgan fingerprint density at radius 2 is 1.62 bits per heavy atom. The van der Waals surface area contributed by atoms with Crippen molar-refractivity contribution in [2.75, 3.05) is 20.6 Å². The van der Waals surface area contributed by atoms with Crippen LogP contribution in [-0.2, 0) is 4.75 Å². The zero-order valence-electron chi connectivity index (χ0n) is 12.1. The molecule has 1 unspecified atom stereocenters. The van der Waals surface area contributed by atoms with Crippen LogP contribution in [0.1, 0.15) is 21.5 Å². The van der Waals surface area contributed by atoms with E-state index >= 15 is 0 Å². The molecule has 1 atom stereocenters. The summed E-state index contributed by atoms with van der Waals surface area (Å²) < 4.78 is -0.293. The fourth-order valence-electron chi connectivity index (χ4n) is 2.86. The lowest BCUT2D eigenvalue weighted by molar-refractivity contribution is 0.109. The maximum Gasteiger partial charge on any atom is 0.220 e. The molecule has 3 rings (SSSR count). The van der Waals surface area contributed by atoms with Crippen LogP contribution in [0.4, 0.5) is 0 Å². The minimum absolute atomic E-state index is 0. The fraction of sp³-hybridized carbons (Fsp3) is 0.235. The average Bonchev–Trinajstić information content (AvgIpc) is 2.74. The molecule has 0 fully saturated rings. The topological polar surface area (TPSA) is 20.3 Å². The Kier molecular flexibility index (Phi) is 4.77. The standard InChI is InChI=1S/C17H17NOS.ClH/c1-18(2)12-17(13-8-4-3-5-9-13)15-11-7-6-10-14(15)16(19)20-17;/h3-11H,12H2,1-2H3;1H. The molecule has 0 bridgehead atoms. The SMILES string of the molecule is CN(C)CC1(c2ccccc2)SC(=O)c2ccccc21.Cl. The monoisotopic (exact) mass is 319 g/mol. The first-order chi connectivity index (χ1) is 9.63. The van der Waals surface area contributed by atoms with Gasteiger partial charge < -0.3 is 4.90 Å². The predicted octanol–water partition coefficient (Wildman–Crippen LogP) is 3.80. The second kappa shape index (κ2) is 6.22. The van der Waals surface area contributed by atoms with Crippen LogP contribution >= 0.6 is 24.2 Å². The van der Waals surface area contributed by atoms with Gasteiger partial charge >= 0.3 is 0 Å². The third kappa shape index (κ3) is 2.73. The molecule has 0 radical (unpaired) electrons. The molecule has 0 N–H and O–H groups in total. The molecule has 0 aliphatic carbocycles. The molecule has 0 saturated heterocycles. The van der Waals surface area contributed by atoms with Crippen LogP contribution < -0.4 is 0 Å². The number of nitrogens with zero attached hydrogens (tertiary/aromatic N) is 1. The molecule has 0 spiro atoms. The number of thioether (sulfide) groups is 1. The van der Waals surface area contributed by atoms with Crippen LogP contribution in [0.5, 0.6) is 0 Å². The second-order valence-corrected chi connectivity index (χ2v) is 6.64. The summed E-state index contributed by atoms with van der Waals surface area (Å²) in [6.45, 7) is 0.810. The van der Waals surface area contributed by atoms with Crippen LogP contribution in [0.2, 0.25) is 0 Å². The molecule has 21 heavy (non-hydrogen) atoms. The highest BCUT2D eigenvalue weighted by Crippen LogP contribution is 2.51. The van der Waals surface area contributed by atoms with E-state index in [1.54, 1.807) is 0 Å². The highest BCUT2D eigenvalue weighted by molar-refractivity contribution is 8.15. The third-order valence-corrected chi connectivity index (χ3v) is 4.97. The minimum Gasteiger partial charge on any atom is -0.307 e. The van der Waals surface area contributed by atoms with E-state index in [1.165, 1.54) is 17.3 Å². The molecule has 110 valence electrons. The average molecular weight is 320 g/mol. The fourth-order valence-corrected chi connectivity index (χ4v) is 4.33. The van der Waals surface area contributed by atoms with E-state index in [2.05, 4.69) is 37.2 Å². The van der Waals surface area contributed by atoms with Gasteiger partial charge in [-0.15, -0.1) is 12.4 Å². The van der Waals surface area contributed by atoms with Gasteiger partial charge in [0.1, 0.15) is 0 Å². The van der Waals surface area contributed by atoms with Crippen molar-refractivity contribution < 1.29 is 4.79 Å². The number of hydrogen-bond acceptors (Lipinski definition) is 3. The van der Waals surface area contributed by atoms with E-state index < -0.39 is 0 Å². The van der Waals surface area contributed by atoms with Gasteiger partial charge in [0.25, 0.3) is 0 Å². The summed E-state index contributed by atoms with van der Waals surface area (Å²) in [4.78, 5) is 14.5. The first-order valence-corrected chi connectivity index (χ1v) is 7.48. The van der Waals surface area contributed by atoms with Crippen molar-refractivity contribution in [3.63, 3.8) is 0 Å². The lowest BCUT2D eigenvalue weighted by atomic mass is 9.87. The Bertz CT molecular complexity index is 644. The number of hydrogen-bond donors (Lipinski definition) is 0. The molecule has 1 heterocycles. The highest BCUT2D eigenvalue weighted by Gasteiger charge is 2.45. The summed E-state index contributed by atoms with van der Waals surface area (Å²) in [7, 11) is 4.10. The molecular weight excluding hydrogens is 302 g/mol. The van der Waals surface area contributed by atoms with Gasteiger partial charge in [-0.05, 0) is 25.2 Å². The van der Waals surface area contributed by atoms with E-state index in [1.807, 2.05) is 36.4 Å². The van der Waals surface area contributed by atoms with Gasteiger partial charge in [0.2, 0.25) is 5.12 Å². The van der Waals surface area contributed by atoms with Crippen LogP contribution in [0.25, 0.3) is 0 Å². The number of benzene rings is 2. The highest BCUT2D eigenvalue weighted by atomic mass is 35.5. The van der Waals surface area contributed by atoms with Gasteiger partial charge in [0.15, 0.2) is 0 Å². The zero-order valence-corrected chi connectivity index (χ0v) is 13.7. The van der Waals surface area contributed by atoms with Gasteiger partial charge in [0, 0.05) is 12.1 Å². The first kappa shape index (κ1) is 16.1. The second-order valence-electron chi connectivity index (χ2n) is 5.37. The number of rotatable bonds is 3. The van der Waals surface area contributed by atoms with Crippen LogP contribution in [0.15, 0.2) is 54.6 Å². The summed E-state index contributed by atoms with van der Waals surface area (Å²) >= 11 is 1.44. The van der Waals surface area contributed by atoms with Crippen molar-refractivity contribution in [3.8, 4) is 0 Å². The molecule has 0 amide bonds. The summed E-state index contributed by atoms with van der Waals surface area (Å²) in [6, 6.07) is 18.3. The molecule has 2 aromatic rings. The van der Waals surface area contributed by atoms with Gasteiger partial charge in [-0.2, -0.15) is 0 Å². The summed E-state index contributed by atoms with van der Waals surface area (Å²) in [5.74, 6) is 0. The number of fused-ring (bicyclic) bond motifs is 1. The molecule has 1 aliphatic heterocycles. The van der Waals surface area contributed by atoms with Crippen molar-refractivity contribution in [2.24, 2.45) is 0 Å². The number of carbonyl (C=O) groups excluding carboxylic acids is 1. The molecule has 1 aliphatic rings. The Morgan fingerprint density at radius 1 is 1.00 bits per heavy atom. The largest absolute Gasteiger partial charge is 0.307 e. The van der Waals surface area contributed by atoms with Gasteiger partial charge in [0.05, 0.1) is 4.75 Å². The van der Waals surface area contributed by atoms with Gasteiger partial charge in [-0.25, -0.2) is 0 Å². The first-order valence-electron chi connectivity index (χ1n) is 6.66.